The van der Waals surface area contributed by atoms with Crippen molar-refractivity contribution in [1.82, 2.24) is 31.9 Å². The highest BCUT2D eigenvalue weighted by molar-refractivity contribution is 6.33. The summed E-state index contributed by atoms with van der Waals surface area (Å²) in [5.74, 6) is -7.88. The van der Waals surface area contributed by atoms with Crippen molar-refractivity contribution < 1.29 is 58.8 Å². The maximum atomic E-state index is 14.2. The number of rotatable bonds is 30. The molecule has 0 aliphatic heterocycles. The number of carbonyl (C=O) groups is 8. The molecule has 0 saturated carbocycles. The number of aliphatic hydroxyl groups excluding tert-OH is 2. The smallest absolute Gasteiger partial charge is 0.245 e. The molecule has 0 unspecified atom stereocenters. The number of ketones is 2. The molecular weight excluding hydrogens is 921 g/mol. The maximum Gasteiger partial charge on any atom is 0.245 e. The highest BCUT2D eigenvalue weighted by Crippen LogP contribution is 2.42. The van der Waals surface area contributed by atoms with Crippen LogP contribution in [0.3, 0.4) is 0 Å². The van der Waals surface area contributed by atoms with E-state index in [9.17, 15) is 58.8 Å². The lowest BCUT2D eigenvalue weighted by Crippen LogP contribution is -2.56. The van der Waals surface area contributed by atoms with Crippen LogP contribution in [0.4, 0.5) is 11.4 Å². The van der Waals surface area contributed by atoms with Gasteiger partial charge in [0.2, 0.25) is 47.0 Å². The molecule has 1 aliphatic rings. The number of phenolic OH excluding ortho intramolecular Hbond substituents is 2. The SMILES string of the molecule is C[C@H](NC(=O)[C@H](CO)NC(=O)[C@H](CCCN=C(N)N)NCCNc1ccc(NCCN[C@@H](CCCN=C(N)N)C(=O)N[C@@H](CO)C(=O)N[C@@H](C)C(N)=O)c2c1C(=O)c1c(O)ccc(O)c1C2=O)C(N)=O. The van der Waals surface area contributed by atoms with Crippen molar-refractivity contribution in [2.24, 2.45) is 44.4 Å². The number of aromatic hydroxyl groups is 2. The van der Waals surface area contributed by atoms with Gasteiger partial charge < -0.3 is 97.4 Å². The van der Waals surface area contributed by atoms with Gasteiger partial charge in [0.05, 0.1) is 47.6 Å². The standard InChI is InChI=1S/C42H64N16O12/c1-19(35(43)65)55-39(69)25(17-59)57-37(67)23(5-3-11-53-41(45)46)51-15-13-49-21-7-8-22(30-29(21)33(63)31-27(61)9-10-28(62)32(31)34(30)64)50-14-16-52-24(6-4-12-54-42(47)48)38(68)58-26(18-60)40(70)56-20(2)36(44)66/h7-10,19-20,23-26,49-52,59-62H,3-6,11-18H2,1-2H3,(H2,43,65)(H2,44,66)(H,55,69)(H,56,70)(H,57,67)(H,58,68)(H4,45,46,53)(H4,47,48,54)/t19-,20-,23-,24-,25-,26-/m0/s1. The quantitative estimate of drug-likeness (QED) is 0.0128. The van der Waals surface area contributed by atoms with Gasteiger partial charge in [0.25, 0.3) is 0 Å². The van der Waals surface area contributed by atoms with Crippen molar-refractivity contribution in [3.8, 4) is 11.5 Å². The summed E-state index contributed by atoms with van der Waals surface area (Å²) in [4.78, 5) is 111. The van der Waals surface area contributed by atoms with Crippen molar-refractivity contribution in [3.05, 3.63) is 46.5 Å². The number of phenols is 2. The van der Waals surface area contributed by atoms with Crippen LogP contribution in [0.25, 0.3) is 0 Å². The molecular formula is C42H64N16O12. The topological polar surface area (TPSA) is 495 Å². The van der Waals surface area contributed by atoms with Gasteiger partial charge in [0, 0.05) is 50.6 Å². The normalized spacial score (nSPS) is 14.2. The fraction of sp³-hybridized carbons (Fsp3) is 0.476. The highest BCUT2D eigenvalue weighted by atomic mass is 16.3. The molecule has 384 valence electrons. The number of fused-ring (bicyclic) bond motifs is 2. The maximum absolute atomic E-state index is 14.2. The zero-order valence-corrected chi connectivity index (χ0v) is 38.7. The van der Waals surface area contributed by atoms with Gasteiger partial charge in [-0.3, -0.25) is 48.3 Å². The molecule has 70 heavy (non-hydrogen) atoms. The van der Waals surface area contributed by atoms with Gasteiger partial charge in [-0.05, 0) is 63.8 Å². The minimum atomic E-state index is -1.45. The van der Waals surface area contributed by atoms with E-state index in [4.69, 9.17) is 34.4 Å². The van der Waals surface area contributed by atoms with E-state index < -0.39 is 119 Å². The number of carbonyl (C=O) groups excluding carboxylic acids is 8. The number of hydrogen-bond donors (Lipinski definition) is 18. The number of hydrogen-bond acceptors (Lipinski definition) is 18. The molecule has 28 nitrogen and oxygen atoms in total. The number of guanidine groups is 2. The number of benzene rings is 2. The molecule has 0 radical (unpaired) electrons. The molecule has 3 rings (SSSR count). The number of anilines is 2. The Hall–Kier alpha value is -7.82. The molecule has 28 heteroatoms. The van der Waals surface area contributed by atoms with E-state index in [1.54, 1.807) is 0 Å². The summed E-state index contributed by atoms with van der Waals surface area (Å²) in [7, 11) is 0. The molecule has 2 aromatic carbocycles. The molecule has 0 fully saturated rings. The number of primary amides is 2. The third-order valence-electron chi connectivity index (χ3n) is 10.7. The lowest BCUT2D eigenvalue weighted by molar-refractivity contribution is -0.132. The number of nitrogens with one attached hydrogen (secondary N) is 8. The second kappa shape index (κ2) is 27.2. The van der Waals surface area contributed by atoms with Gasteiger partial charge in [0.15, 0.2) is 11.9 Å². The molecule has 0 bridgehead atoms. The van der Waals surface area contributed by atoms with Crippen molar-refractivity contribution in [1.29, 1.82) is 0 Å². The van der Waals surface area contributed by atoms with Gasteiger partial charge in [-0.25, -0.2) is 0 Å². The number of amides is 6. The first-order valence-corrected chi connectivity index (χ1v) is 22.0. The van der Waals surface area contributed by atoms with Crippen LogP contribution in [0, 0.1) is 0 Å². The molecule has 0 aromatic heterocycles. The van der Waals surface area contributed by atoms with E-state index in [2.05, 4.69) is 52.5 Å². The summed E-state index contributed by atoms with van der Waals surface area (Å²) in [6.07, 6.45) is 0.867. The molecule has 24 N–H and O–H groups in total. The van der Waals surface area contributed by atoms with Crippen LogP contribution in [0.5, 0.6) is 11.5 Å². The summed E-state index contributed by atoms with van der Waals surface area (Å²) < 4.78 is 0. The zero-order chi connectivity index (χ0) is 52.2. The van der Waals surface area contributed by atoms with Crippen LogP contribution >= 0.6 is 0 Å². The Labute approximate surface area is 401 Å². The van der Waals surface area contributed by atoms with Crippen molar-refractivity contribution in [3.63, 3.8) is 0 Å². The van der Waals surface area contributed by atoms with Gasteiger partial charge in [-0.2, -0.15) is 0 Å². The van der Waals surface area contributed by atoms with Crippen LogP contribution in [0.2, 0.25) is 0 Å². The Morgan fingerprint density at radius 2 is 0.857 bits per heavy atom. The molecule has 0 heterocycles. The Kier molecular flexibility index (Phi) is 22.0. The number of aliphatic imine (C=N–C) groups is 2. The Balaban J connectivity index is 1.85. The Morgan fingerprint density at radius 1 is 0.514 bits per heavy atom. The fourth-order valence-electron chi connectivity index (χ4n) is 6.91. The van der Waals surface area contributed by atoms with E-state index in [0.29, 0.717) is 12.8 Å². The number of nitrogens with two attached hydrogens (primary N) is 6. The predicted molar refractivity (Wildman–Crippen MR) is 255 cm³/mol. The van der Waals surface area contributed by atoms with Crippen LogP contribution in [0.1, 0.15) is 71.4 Å². The van der Waals surface area contributed by atoms with E-state index in [-0.39, 0.29) is 86.5 Å². The number of nitrogens with zero attached hydrogens (tertiary/aromatic N) is 2. The summed E-state index contributed by atoms with van der Waals surface area (Å²) in [6, 6.07) is -1.95. The first-order chi connectivity index (χ1) is 33.1. The lowest BCUT2D eigenvalue weighted by Gasteiger charge is -2.26. The van der Waals surface area contributed by atoms with E-state index in [1.807, 2.05) is 0 Å². The van der Waals surface area contributed by atoms with E-state index >= 15 is 0 Å². The van der Waals surface area contributed by atoms with Gasteiger partial charge >= 0.3 is 0 Å². The number of aliphatic hydroxyl groups is 2. The average molecular weight is 985 g/mol. The monoisotopic (exact) mass is 984 g/mol. The third-order valence-corrected chi connectivity index (χ3v) is 10.7. The molecule has 1 aliphatic carbocycles. The first-order valence-electron chi connectivity index (χ1n) is 22.0. The minimum absolute atomic E-state index is 0.0107. The van der Waals surface area contributed by atoms with Crippen molar-refractivity contribution in [2.45, 2.75) is 75.8 Å². The average Bonchev–Trinajstić information content (AvgIpc) is 3.30. The fourth-order valence-corrected chi connectivity index (χ4v) is 6.91. The van der Waals surface area contributed by atoms with Crippen LogP contribution in [-0.2, 0) is 28.8 Å². The second-order valence-corrected chi connectivity index (χ2v) is 15.9. The third kappa shape index (κ3) is 16.2. The van der Waals surface area contributed by atoms with Gasteiger partial charge in [-0.1, -0.05) is 0 Å². The molecule has 6 amide bonds. The molecule has 2 aromatic rings. The summed E-state index contributed by atoms with van der Waals surface area (Å²) in [5, 5.41) is 62.9. The highest BCUT2D eigenvalue weighted by Gasteiger charge is 2.38. The minimum Gasteiger partial charge on any atom is -0.507 e. The Bertz CT molecular complexity index is 2150. The van der Waals surface area contributed by atoms with E-state index in [1.165, 1.54) is 26.0 Å². The first kappa shape index (κ1) is 56.5. The van der Waals surface area contributed by atoms with Crippen LogP contribution in [0.15, 0.2) is 34.3 Å². The van der Waals surface area contributed by atoms with Crippen LogP contribution < -0.4 is 76.9 Å². The second-order valence-electron chi connectivity index (χ2n) is 15.9. The van der Waals surface area contributed by atoms with Crippen molar-refractivity contribution >= 4 is 70.3 Å². The zero-order valence-electron chi connectivity index (χ0n) is 38.7. The lowest BCUT2D eigenvalue weighted by atomic mass is 9.81. The van der Waals surface area contributed by atoms with Gasteiger partial charge in [0.1, 0.15) is 35.7 Å². The summed E-state index contributed by atoms with van der Waals surface area (Å²) in [5.41, 5.74) is 31.2. The molecule has 0 spiro atoms. The van der Waals surface area contributed by atoms with Crippen molar-refractivity contribution in [2.75, 3.05) is 63.1 Å². The molecule has 6 atom stereocenters. The Morgan fingerprint density at radius 3 is 1.17 bits per heavy atom. The molecule has 0 saturated heterocycles. The summed E-state index contributed by atoms with van der Waals surface area (Å²) >= 11 is 0. The predicted octanol–water partition coefficient (Wildman–Crippen LogP) is -6.35. The van der Waals surface area contributed by atoms with E-state index in [0.717, 1.165) is 12.1 Å². The summed E-state index contributed by atoms with van der Waals surface area (Å²) in [6.45, 7) is 1.41. The van der Waals surface area contributed by atoms with Gasteiger partial charge in [-0.15, -0.1) is 0 Å². The largest absolute Gasteiger partial charge is 0.507 e. The van der Waals surface area contributed by atoms with Crippen LogP contribution in [-0.4, -0.2) is 168 Å².